The molecule has 0 bridgehead atoms. The van der Waals surface area contributed by atoms with Crippen molar-refractivity contribution in [2.45, 2.75) is 6.18 Å². The first-order chi connectivity index (χ1) is 6.54. The van der Waals surface area contributed by atoms with E-state index in [1.54, 1.807) is 0 Å². The molecule has 5 heteroatoms. The van der Waals surface area contributed by atoms with Gasteiger partial charge in [-0.05, 0) is 24.3 Å². The number of ether oxygens (including phenoxy) is 1. The summed E-state index contributed by atoms with van der Waals surface area (Å²) in [6, 6.07) is 4.50. The van der Waals surface area contributed by atoms with E-state index >= 15 is 0 Å². The molecule has 1 nitrogen and oxygen atoms in total. The molecule has 0 amide bonds. The van der Waals surface area contributed by atoms with Crippen LogP contribution in [0.4, 0.5) is 13.2 Å². The zero-order valence-corrected chi connectivity index (χ0v) is 7.90. The lowest BCUT2D eigenvalue weighted by Crippen LogP contribution is -2.04. The van der Waals surface area contributed by atoms with Crippen LogP contribution in [0, 0.1) is 0 Å². The van der Waals surface area contributed by atoms with Gasteiger partial charge < -0.3 is 4.74 Å². The Bertz CT molecular complexity index is 281. The highest BCUT2D eigenvalue weighted by atomic mass is 35.5. The topological polar surface area (TPSA) is 9.23 Å². The summed E-state index contributed by atoms with van der Waals surface area (Å²) in [4.78, 5) is 0. The van der Waals surface area contributed by atoms with Crippen molar-refractivity contribution < 1.29 is 17.9 Å². The smallest absolute Gasteiger partial charge is 0.416 e. The number of rotatable bonds is 3. The minimum absolute atomic E-state index is 0.285. The summed E-state index contributed by atoms with van der Waals surface area (Å²) in [5, 5.41) is 0. The molecule has 0 aliphatic rings. The maximum Gasteiger partial charge on any atom is 0.416 e. The highest BCUT2D eigenvalue weighted by molar-refractivity contribution is 6.17. The van der Waals surface area contributed by atoms with Crippen molar-refractivity contribution in [3.63, 3.8) is 0 Å². The van der Waals surface area contributed by atoms with Crippen LogP contribution in [-0.2, 0) is 6.18 Å². The largest absolute Gasteiger partial charge is 0.492 e. The molecule has 0 N–H and O–H groups in total. The summed E-state index contributed by atoms with van der Waals surface area (Å²) in [5.41, 5.74) is -0.685. The van der Waals surface area contributed by atoms with Crippen LogP contribution in [0.3, 0.4) is 0 Å². The van der Waals surface area contributed by atoms with Gasteiger partial charge in [-0.15, -0.1) is 11.6 Å². The zero-order valence-electron chi connectivity index (χ0n) is 7.14. The van der Waals surface area contributed by atoms with E-state index in [4.69, 9.17) is 16.3 Å². The van der Waals surface area contributed by atoms with Crippen molar-refractivity contribution >= 4 is 11.6 Å². The van der Waals surface area contributed by atoms with Gasteiger partial charge in [0.25, 0.3) is 0 Å². The Morgan fingerprint density at radius 3 is 2.14 bits per heavy atom. The van der Waals surface area contributed by atoms with E-state index in [1.807, 2.05) is 0 Å². The van der Waals surface area contributed by atoms with Gasteiger partial charge in [-0.1, -0.05) is 0 Å². The molecular weight excluding hydrogens is 217 g/mol. The van der Waals surface area contributed by atoms with E-state index in [1.165, 1.54) is 12.1 Å². The Kier molecular flexibility index (Phi) is 3.63. The van der Waals surface area contributed by atoms with E-state index in [2.05, 4.69) is 0 Å². The summed E-state index contributed by atoms with van der Waals surface area (Å²) in [6.07, 6.45) is -4.30. The molecule has 0 aliphatic heterocycles. The fraction of sp³-hybridized carbons (Fsp3) is 0.333. The number of hydrogen-bond acceptors (Lipinski definition) is 1. The van der Waals surface area contributed by atoms with Crippen molar-refractivity contribution in [2.75, 3.05) is 12.5 Å². The minimum atomic E-state index is -4.30. The lowest BCUT2D eigenvalue weighted by Gasteiger charge is -2.07. The summed E-state index contributed by atoms with van der Waals surface area (Å²) in [5.74, 6) is 0.694. The fourth-order valence-electron chi connectivity index (χ4n) is 0.897. The first-order valence-electron chi connectivity index (χ1n) is 3.90. The number of hydrogen-bond donors (Lipinski definition) is 0. The van der Waals surface area contributed by atoms with Crippen LogP contribution in [0.5, 0.6) is 5.75 Å². The molecule has 0 aromatic heterocycles. The lowest BCUT2D eigenvalue weighted by molar-refractivity contribution is -0.137. The standard InChI is InChI=1S/C9H8ClF3O/c10-5-6-14-8-3-1-7(2-4-8)9(11,12)13/h1-4H,5-6H2. The molecule has 14 heavy (non-hydrogen) atoms. The molecule has 0 saturated carbocycles. The van der Waals surface area contributed by atoms with Gasteiger partial charge in [0, 0.05) is 0 Å². The summed E-state index contributed by atoms with van der Waals surface area (Å²) in [7, 11) is 0. The van der Waals surface area contributed by atoms with Crippen LogP contribution in [-0.4, -0.2) is 12.5 Å². The van der Waals surface area contributed by atoms with Gasteiger partial charge >= 0.3 is 6.18 Å². The van der Waals surface area contributed by atoms with Crippen LogP contribution in [0.15, 0.2) is 24.3 Å². The van der Waals surface area contributed by atoms with Crippen molar-refractivity contribution in [1.29, 1.82) is 0 Å². The maximum absolute atomic E-state index is 12.1. The molecule has 0 spiro atoms. The zero-order chi connectivity index (χ0) is 10.6. The van der Waals surface area contributed by atoms with E-state index in [0.717, 1.165) is 12.1 Å². The normalized spacial score (nSPS) is 11.4. The molecule has 0 unspecified atom stereocenters. The molecule has 0 radical (unpaired) electrons. The van der Waals surface area contributed by atoms with Gasteiger partial charge in [0.1, 0.15) is 12.4 Å². The minimum Gasteiger partial charge on any atom is -0.492 e. The Hall–Kier alpha value is -0.900. The van der Waals surface area contributed by atoms with Crippen molar-refractivity contribution in [2.24, 2.45) is 0 Å². The predicted octanol–water partition coefficient (Wildman–Crippen LogP) is 3.32. The van der Waals surface area contributed by atoms with Gasteiger partial charge in [-0.3, -0.25) is 0 Å². The Labute approximate surface area is 84.4 Å². The van der Waals surface area contributed by atoms with Crippen LogP contribution in [0.1, 0.15) is 5.56 Å². The van der Waals surface area contributed by atoms with Gasteiger partial charge in [0.15, 0.2) is 0 Å². The van der Waals surface area contributed by atoms with Crippen molar-refractivity contribution in [3.05, 3.63) is 29.8 Å². The van der Waals surface area contributed by atoms with Gasteiger partial charge in [0.05, 0.1) is 11.4 Å². The third kappa shape index (κ3) is 3.10. The van der Waals surface area contributed by atoms with Crippen LogP contribution < -0.4 is 4.74 Å². The molecule has 0 heterocycles. The second kappa shape index (κ2) is 4.55. The molecule has 0 atom stereocenters. The maximum atomic E-state index is 12.1. The van der Waals surface area contributed by atoms with Gasteiger partial charge in [-0.25, -0.2) is 0 Å². The second-order valence-electron chi connectivity index (χ2n) is 2.56. The highest BCUT2D eigenvalue weighted by Gasteiger charge is 2.29. The number of benzene rings is 1. The highest BCUT2D eigenvalue weighted by Crippen LogP contribution is 2.30. The van der Waals surface area contributed by atoms with Crippen LogP contribution >= 0.6 is 11.6 Å². The Morgan fingerprint density at radius 2 is 1.71 bits per heavy atom. The SMILES string of the molecule is FC(F)(F)c1ccc(OCCCl)cc1. The van der Waals surface area contributed by atoms with Crippen LogP contribution in [0.2, 0.25) is 0 Å². The second-order valence-corrected chi connectivity index (χ2v) is 2.94. The summed E-state index contributed by atoms with van der Waals surface area (Å²) >= 11 is 5.35. The van der Waals surface area contributed by atoms with E-state index in [-0.39, 0.29) is 6.61 Å². The third-order valence-electron chi connectivity index (χ3n) is 1.53. The number of alkyl halides is 4. The monoisotopic (exact) mass is 224 g/mol. The van der Waals surface area contributed by atoms with Gasteiger partial charge in [0.2, 0.25) is 0 Å². The first-order valence-corrected chi connectivity index (χ1v) is 4.43. The number of halogens is 4. The first kappa shape index (κ1) is 11.2. The quantitative estimate of drug-likeness (QED) is 0.716. The average Bonchev–Trinajstić information content (AvgIpc) is 2.14. The molecule has 0 fully saturated rings. The molecule has 78 valence electrons. The predicted molar refractivity (Wildman–Crippen MR) is 47.7 cm³/mol. The molecule has 1 aromatic carbocycles. The Balaban J connectivity index is 2.69. The lowest BCUT2D eigenvalue weighted by atomic mass is 10.2. The van der Waals surface area contributed by atoms with Crippen molar-refractivity contribution in [1.82, 2.24) is 0 Å². The molecular formula is C9H8ClF3O. The van der Waals surface area contributed by atoms with E-state index in [0.29, 0.717) is 11.6 Å². The molecule has 0 aliphatic carbocycles. The summed E-state index contributed by atoms with van der Waals surface area (Å²) in [6.45, 7) is 0.285. The molecule has 1 rings (SSSR count). The molecule has 1 aromatic rings. The van der Waals surface area contributed by atoms with Crippen molar-refractivity contribution in [3.8, 4) is 5.75 Å². The fourth-order valence-corrected chi connectivity index (χ4v) is 0.974. The average molecular weight is 225 g/mol. The van der Waals surface area contributed by atoms with Crippen LogP contribution in [0.25, 0.3) is 0 Å². The Morgan fingerprint density at radius 1 is 1.14 bits per heavy atom. The molecule has 0 saturated heterocycles. The van der Waals surface area contributed by atoms with Gasteiger partial charge in [-0.2, -0.15) is 13.2 Å². The third-order valence-corrected chi connectivity index (χ3v) is 1.68. The van der Waals surface area contributed by atoms with E-state index in [9.17, 15) is 13.2 Å². The van der Waals surface area contributed by atoms with E-state index < -0.39 is 11.7 Å². The summed E-state index contributed by atoms with van der Waals surface area (Å²) < 4.78 is 41.4.